The van der Waals surface area contributed by atoms with Crippen LogP contribution in [-0.2, 0) is 9.47 Å². The average molecular weight is 186 g/mol. The summed E-state index contributed by atoms with van der Waals surface area (Å²) < 4.78 is 9.91. The van der Waals surface area contributed by atoms with Crippen molar-refractivity contribution in [3.63, 3.8) is 0 Å². The Morgan fingerprint density at radius 2 is 1.46 bits per heavy atom. The normalized spacial score (nSPS) is 21.5. The summed E-state index contributed by atoms with van der Waals surface area (Å²) in [6.45, 7) is 9.54. The Bertz CT molecular complexity index is 176. The summed E-state index contributed by atoms with van der Waals surface area (Å²) in [6.07, 6.45) is -0.531. The van der Waals surface area contributed by atoms with Crippen LogP contribution in [0.25, 0.3) is 0 Å². The highest BCUT2D eigenvalue weighted by atomic mass is 16.7. The number of hydrogen-bond acceptors (Lipinski definition) is 3. The first-order chi connectivity index (χ1) is 5.99. The van der Waals surface area contributed by atoms with Crippen LogP contribution in [0.15, 0.2) is 0 Å². The quantitative estimate of drug-likeness (QED) is 0.621. The molecule has 0 aromatic rings. The van der Waals surface area contributed by atoms with Crippen LogP contribution >= 0.6 is 0 Å². The van der Waals surface area contributed by atoms with Crippen LogP contribution in [0.1, 0.15) is 27.7 Å². The van der Waals surface area contributed by atoms with Crippen LogP contribution in [0.4, 0.5) is 4.79 Å². The Kier molecular flexibility index (Phi) is 2.84. The summed E-state index contributed by atoms with van der Waals surface area (Å²) in [5.74, 6) is 0.918. The minimum atomic E-state index is -0.531. The van der Waals surface area contributed by atoms with Gasteiger partial charge in [0.1, 0.15) is 13.2 Å². The molecule has 3 heteroatoms. The summed E-state index contributed by atoms with van der Waals surface area (Å²) in [5.41, 5.74) is -0.00604. The Balaban J connectivity index is 2.75. The number of carbonyl (C=O) groups is 1. The van der Waals surface area contributed by atoms with Crippen molar-refractivity contribution < 1.29 is 14.3 Å². The van der Waals surface area contributed by atoms with E-state index in [-0.39, 0.29) is 5.41 Å². The second-order valence-electron chi connectivity index (χ2n) is 4.37. The average Bonchev–Trinajstić information content (AvgIpc) is 2.04. The topological polar surface area (TPSA) is 35.5 Å². The second-order valence-corrected chi connectivity index (χ2v) is 4.37. The third-order valence-corrected chi connectivity index (χ3v) is 3.22. The standard InChI is InChI=1S/C10H18O3/c1-7(2)10(8(3)4)5-12-9(11)13-6-10/h7-8H,5-6H2,1-4H3. The SMILES string of the molecule is CC(C)C1(C(C)C)COC(=O)OC1. The molecule has 3 nitrogen and oxygen atoms in total. The Morgan fingerprint density at radius 3 is 1.77 bits per heavy atom. The van der Waals surface area contributed by atoms with E-state index in [0.717, 1.165) is 0 Å². The second kappa shape index (κ2) is 3.56. The molecule has 0 N–H and O–H groups in total. The molecule has 0 spiro atoms. The lowest BCUT2D eigenvalue weighted by molar-refractivity contribution is -0.101. The van der Waals surface area contributed by atoms with Gasteiger partial charge in [-0.05, 0) is 11.8 Å². The highest BCUT2D eigenvalue weighted by molar-refractivity contribution is 5.60. The molecule has 0 aromatic heterocycles. The van der Waals surface area contributed by atoms with E-state index < -0.39 is 6.16 Å². The molecule has 0 aliphatic carbocycles. The maximum atomic E-state index is 10.8. The summed E-state index contributed by atoms with van der Waals surface area (Å²) in [5, 5.41) is 0. The number of cyclic esters (lactones) is 2. The predicted molar refractivity (Wildman–Crippen MR) is 49.4 cm³/mol. The first-order valence-corrected chi connectivity index (χ1v) is 4.78. The van der Waals surface area contributed by atoms with Gasteiger partial charge in [-0.2, -0.15) is 0 Å². The maximum Gasteiger partial charge on any atom is 0.508 e. The van der Waals surface area contributed by atoms with E-state index in [9.17, 15) is 4.79 Å². The molecule has 1 fully saturated rings. The van der Waals surface area contributed by atoms with Crippen molar-refractivity contribution in [1.29, 1.82) is 0 Å². The molecular formula is C10H18O3. The highest BCUT2D eigenvalue weighted by Gasteiger charge is 2.43. The zero-order valence-electron chi connectivity index (χ0n) is 8.79. The van der Waals surface area contributed by atoms with E-state index >= 15 is 0 Å². The van der Waals surface area contributed by atoms with Crippen LogP contribution in [0.3, 0.4) is 0 Å². The van der Waals surface area contributed by atoms with Gasteiger partial charge in [0.15, 0.2) is 0 Å². The monoisotopic (exact) mass is 186 g/mol. The van der Waals surface area contributed by atoms with Crippen LogP contribution in [0.2, 0.25) is 0 Å². The van der Waals surface area contributed by atoms with Crippen LogP contribution < -0.4 is 0 Å². The van der Waals surface area contributed by atoms with E-state index in [1.54, 1.807) is 0 Å². The summed E-state index contributed by atoms with van der Waals surface area (Å²) in [7, 11) is 0. The molecule has 76 valence electrons. The largest absolute Gasteiger partial charge is 0.508 e. The predicted octanol–water partition coefficient (Wildman–Crippen LogP) is 2.45. The van der Waals surface area contributed by atoms with Gasteiger partial charge in [0.2, 0.25) is 0 Å². The zero-order chi connectivity index (χ0) is 10.1. The van der Waals surface area contributed by atoms with Crippen molar-refractivity contribution in [2.24, 2.45) is 17.3 Å². The molecule has 0 bridgehead atoms. The van der Waals surface area contributed by atoms with Gasteiger partial charge < -0.3 is 9.47 Å². The molecule has 0 radical (unpaired) electrons. The lowest BCUT2D eigenvalue weighted by atomic mass is 9.70. The Hall–Kier alpha value is -0.730. The summed E-state index contributed by atoms with van der Waals surface area (Å²) in [6, 6.07) is 0. The van der Waals surface area contributed by atoms with Crippen molar-refractivity contribution in [2.45, 2.75) is 27.7 Å². The van der Waals surface area contributed by atoms with E-state index in [1.807, 2.05) is 0 Å². The highest BCUT2D eigenvalue weighted by Crippen LogP contribution is 2.38. The lowest BCUT2D eigenvalue weighted by Crippen LogP contribution is -2.46. The van der Waals surface area contributed by atoms with Crippen molar-refractivity contribution >= 4 is 6.16 Å². The van der Waals surface area contributed by atoms with E-state index in [4.69, 9.17) is 9.47 Å². The van der Waals surface area contributed by atoms with Crippen LogP contribution in [-0.4, -0.2) is 19.4 Å². The van der Waals surface area contributed by atoms with Gasteiger partial charge in [-0.25, -0.2) is 4.79 Å². The third kappa shape index (κ3) is 1.79. The molecular weight excluding hydrogens is 168 g/mol. The van der Waals surface area contributed by atoms with Gasteiger partial charge in [0.25, 0.3) is 0 Å². The van der Waals surface area contributed by atoms with E-state index in [0.29, 0.717) is 25.0 Å². The van der Waals surface area contributed by atoms with E-state index in [1.165, 1.54) is 0 Å². The first-order valence-electron chi connectivity index (χ1n) is 4.78. The molecule has 13 heavy (non-hydrogen) atoms. The number of ether oxygens (including phenoxy) is 2. The molecule has 0 aromatic carbocycles. The molecule has 1 aliphatic heterocycles. The van der Waals surface area contributed by atoms with E-state index in [2.05, 4.69) is 27.7 Å². The molecule has 0 amide bonds. The summed E-state index contributed by atoms with van der Waals surface area (Å²) in [4.78, 5) is 10.8. The van der Waals surface area contributed by atoms with Crippen LogP contribution in [0.5, 0.6) is 0 Å². The fourth-order valence-electron chi connectivity index (χ4n) is 1.80. The van der Waals surface area contributed by atoms with Gasteiger partial charge in [-0.3, -0.25) is 0 Å². The lowest BCUT2D eigenvalue weighted by Gasteiger charge is -2.42. The first kappa shape index (κ1) is 10.4. The van der Waals surface area contributed by atoms with Crippen molar-refractivity contribution in [3.05, 3.63) is 0 Å². The van der Waals surface area contributed by atoms with Gasteiger partial charge in [-0.15, -0.1) is 0 Å². The minimum absolute atomic E-state index is 0.00604. The Labute approximate surface area is 79.4 Å². The number of carbonyl (C=O) groups excluding carboxylic acids is 1. The van der Waals surface area contributed by atoms with Gasteiger partial charge in [0.05, 0.1) is 0 Å². The molecule has 1 rings (SSSR count). The molecule has 0 atom stereocenters. The third-order valence-electron chi connectivity index (χ3n) is 3.22. The van der Waals surface area contributed by atoms with Crippen LogP contribution in [0, 0.1) is 17.3 Å². The maximum absolute atomic E-state index is 10.8. The van der Waals surface area contributed by atoms with Crippen molar-refractivity contribution in [3.8, 4) is 0 Å². The molecule has 0 unspecified atom stereocenters. The fraction of sp³-hybridized carbons (Fsp3) is 0.900. The number of hydrogen-bond donors (Lipinski definition) is 0. The van der Waals surface area contributed by atoms with Crippen molar-refractivity contribution in [1.82, 2.24) is 0 Å². The zero-order valence-corrected chi connectivity index (χ0v) is 8.79. The minimum Gasteiger partial charge on any atom is -0.434 e. The van der Waals surface area contributed by atoms with Gasteiger partial charge in [0, 0.05) is 5.41 Å². The number of rotatable bonds is 2. The Morgan fingerprint density at radius 1 is 1.08 bits per heavy atom. The fourth-order valence-corrected chi connectivity index (χ4v) is 1.80. The molecule has 1 heterocycles. The molecule has 1 aliphatic rings. The molecule has 1 saturated heterocycles. The van der Waals surface area contributed by atoms with Crippen molar-refractivity contribution in [2.75, 3.05) is 13.2 Å². The smallest absolute Gasteiger partial charge is 0.434 e. The molecule has 0 saturated carbocycles. The summed E-state index contributed by atoms with van der Waals surface area (Å²) >= 11 is 0. The van der Waals surface area contributed by atoms with Gasteiger partial charge in [-0.1, -0.05) is 27.7 Å². The van der Waals surface area contributed by atoms with Gasteiger partial charge >= 0.3 is 6.16 Å².